The molecule has 0 unspecified atom stereocenters. The van der Waals surface area contributed by atoms with Crippen LogP contribution in [0.2, 0.25) is 0 Å². The normalized spacial score (nSPS) is 13.7. The number of ether oxygens (including phenoxy) is 3. The lowest BCUT2D eigenvalue weighted by Gasteiger charge is -2.26. The highest BCUT2D eigenvalue weighted by Gasteiger charge is 2.29. The molecule has 1 aromatic carbocycles. The van der Waals surface area contributed by atoms with E-state index in [1.807, 2.05) is 51.1 Å². The number of Topliss-reactive ketones (excluding diaryl/α,β-unsaturated/α-hetero) is 1. The van der Waals surface area contributed by atoms with Gasteiger partial charge < -0.3 is 19.3 Å². The molecule has 1 heterocycles. The van der Waals surface area contributed by atoms with Gasteiger partial charge in [0.15, 0.2) is 23.0 Å². The lowest BCUT2D eigenvalue weighted by molar-refractivity contribution is -0.157. The summed E-state index contributed by atoms with van der Waals surface area (Å²) < 4.78 is 16.6. The first kappa shape index (κ1) is 26.3. The lowest BCUT2D eigenvalue weighted by atomic mass is 9.94. The van der Waals surface area contributed by atoms with Gasteiger partial charge in [-0.15, -0.1) is 0 Å². The molecule has 0 saturated heterocycles. The summed E-state index contributed by atoms with van der Waals surface area (Å²) in [6, 6.07) is 11.5. The lowest BCUT2D eigenvalue weighted by Crippen LogP contribution is -2.32. The van der Waals surface area contributed by atoms with Crippen LogP contribution in [0.4, 0.5) is 0 Å². The summed E-state index contributed by atoms with van der Waals surface area (Å²) in [4.78, 5) is 29.6. The van der Waals surface area contributed by atoms with Crippen LogP contribution in [0.25, 0.3) is 0 Å². The minimum absolute atomic E-state index is 0.0137. The third-order valence-electron chi connectivity index (χ3n) is 5.62. The highest BCUT2D eigenvalue weighted by molar-refractivity contribution is 5.99. The molecule has 0 spiro atoms. The Morgan fingerprint density at radius 3 is 2.48 bits per heavy atom. The van der Waals surface area contributed by atoms with Crippen molar-refractivity contribution < 1.29 is 28.9 Å². The first-order chi connectivity index (χ1) is 15.9. The van der Waals surface area contributed by atoms with Crippen LogP contribution in [0, 0.1) is 11.8 Å². The molecule has 1 aromatic heterocycles. The Balaban J connectivity index is 2.05. The fourth-order valence-electron chi connectivity index (χ4n) is 3.55. The SMILES string of the molecule is CCCOC[C@@H](Cc1ccccc1)[C@H](C)OC(=O)[C@H](CC)CC(=O)c1nccc(OC)c1O. The maximum absolute atomic E-state index is 12.9. The van der Waals surface area contributed by atoms with E-state index in [9.17, 15) is 14.7 Å². The minimum atomic E-state index is -0.638. The van der Waals surface area contributed by atoms with Crippen molar-refractivity contribution in [1.29, 1.82) is 0 Å². The van der Waals surface area contributed by atoms with Gasteiger partial charge in [-0.05, 0) is 31.7 Å². The summed E-state index contributed by atoms with van der Waals surface area (Å²) in [5.74, 6) is -1.68. The molecule has 3 atom stereocenters. The summed E-state index contributed by atoms with van der Waals surface area (Å²) in [5, 5.41) is 10.2. The van der Waals surface area contributed by atoms with Gasteiger partial charge in [-0.2, -0.15) is 0 Å². The molecule has 7 nitrogen and oxygen atoms in total. The molecule has 2 aromatic rings. The van der Waals surface area contributed by atoms with Gasteiger partial charge in [0.1, 0.15) is 6.10 Å². The molecule has 180 valence electrons. The van der Waals surface area contributed by atoms with Crippen LogP contribution >= 0.6 is 0 Å². The van der Waals surface area contributed by atoms with Crippen LogP contribution in [0.15, 0.2) is 42.6 Å². The van der Waals surface area contributed by atoms with Crippen molar-refractivity contribution in [2.45, 2.75) is 52.6 Å². The van der Waals surface area contributed by atoms with E-state index in [1.54, 1.807) is 0 Å². The highest BCUT2D eigenvalue weighted by atomic mass is 16.5. The van der Waals surface area contributed by atoms with Gasteiger partial charge in [-0.25, -0.2) is 4.98 Å². The summed E-state index contributed by atoms with van der Waals surface area (Å²) in [6.45, 7) is 6.87. The van der Waals surface area contributed by atoms with Crippen LogP contribution < -0.4 is 4.74 Å². The van der Waals surface area contributed by atoms with E-state index in [1.165, 1.54) is 19.4 Å². The number of hydrogen-bond acceptors (Lipinski definition) is 7. The molecule has 0 aliphatic carbocycles. The average molecular weight is 458 g/mol. The molecule has 0 bridgehead atoms. The van der Waals surface area contributed by atoms with Gasteiger partial charge in [-0.1, -0.05) is 44.2 Å². The molecule has 2 rings (SSSR count). The Morgan fingerprint density at radius 2 is 1.85 bits per heavy atom. The Morgan fingerprint density at radius 1 is 1.12 bits per heavy atom. The Bertz CT molecular complexity index is 886. The number of benzene rings is 1. The van der Waals surface area contributed by atoms with E-state index in [-0.39, 0.29) is 35.6 Å². The number of aromatic hydroxyl groups is 1. The number of pyridine rings is 1. The van der Waals surface area contributed by atoms with E-state index in [0.29, 0.717) is 19.6 Å². The monoisotopic (exact) mass is 457 g/mol. The van der Waals surface area contributed by atoms with Crippen molar-refractivity contribution >= 4 is 11.8 Å². The first-order valence-corrected chi connectivity index (χ1v) is 11.5. The number of ketones is 1. The molecule has 0 radical (unpaired) electrons. The molecule has 7 heteroatoms. The average Bonchev–Trinajstić information content (AvgIpc) is 2.82. The summed E-state index contributed by atoms with van der Waals surface area (Å²) in [6.07, 6.45) is 2.95. The maximum atomic E-state index is 12.9. The van der Waals surface area contributed by atoms with Crippen molar-refractivity contribution in [3.8, 4) is 11.5 Å². The fourth-order valence-corrected chi connectivity index (χ4v) is 3.55. The Labute approximate surface area is 196 Å². The van der Waals surface area contributed by atoms with Crippen LogP contribution in [0.1, 0.15) is 56.1 Å². The largest absolute Gasteiger partial charge is 0.503 e. The quantitative estimate of drug-likeness (QED) is 0.251. The zero-order valence-corrected chi connectivity index (χ0v) is 20.0. The Kier molecular flexibility index (Phi) is 10.8. The smallest absolute Gasteiger partial charge is 0.309 e. The van der Waals surface area contributed by atoms with Crippen molar-refractivity contribution in [3.63, 3.8) is 0 Å². The van der Waals surface area contributed by atoms with Crippen LogP contribution in [-0.2, 0) is 20.7 Å². The molecular formula is C26H35NO6. The predicted octanol–water partition coefficient (Wildman–Crippen LogP) is 4.61. The van der Waals surface area contributed by atoms with Crippen molar-refractivity contribution in [2.24, 2.45) is 11.8 Å². The van der Waals surface area contributed by atoms with E-state index >= 15 is 0 Å². The molecule has 0 amide bonds. The summed E-state index contributed by atoms with van der Waals surface area (Å²) in [7, 11) is 1.40. The predicted molar refractivity (Wildman–Crippen MR) is 125 cm³/mol. The molecule has 33 heavy (non-hydrogen) atoms. The number of aromatic nitrogens is 1. The Hall–Kier alpha value is -2.93. The second-order valence-corrected chi connectivity index (χ2v) is 8.11. The molecule has 1 N–H and O–H groups in total. The van der Waals surface area contributed by atoms with Crippen molar-refractivity contribution in [1.82, 2.24) is 4.98 Å². The highest BCUT2D eigenvalue weighted by Crippen LogP contribution is 2.29. The number of esters is 1. The standard InChI is InChI=1S/C26H35NO6/c1-5-14-32-17-21(15-19-10-8-7-9-11-19)18(3)33-26(30)20(6-2)16-22(28)24-25(29)23(31-4)12-13-27-24/h7-13,18,20-21,29H,5-6,14-17H2,1-4H3/t18-,20+,21+/m0/s1. The van der Waals surface area contributed by atoms with Gasteiger partial charge in [0.05, 0.1) is 19.6 Å². The van der Waals surface area contributed by atoms with Gasteiger partial charge in [0, 0.05) is 31.2 Å². The van der Waals surface area contributed by atoms with Gasteiger partial charge >= 0.3 is 5.97 Å². The van der Waals surface area contributed by atoms with Crippen LogP contribution in [0.5, 0.6) is 11.5 Å². The third kappa shape index (κ3) is 7.86. The van der Waals surface area contributed by atoms with E-state index in [4.69, 9.17) is 14.2 Å². The second kappa shape index (κ2) is 13.6. The molecule has 0 saturated carbocycles. The third-order valence-corrected chi connectivity index (χ3v) is 5.62. The number of methoxy groups -OCH3 is 1. The van der Waals surface area contributed by atoms with Gasteiger partial charge in [-0.3, -0.25) is 9.59 Å². The fraction of sp³-hybridized carbons (Fsp3) is 0.500. The van der Waals surface area contributed by atoms with Crippen molar-refractivity contribution in [3.05, 3.63) is 53.9 Å². The number of nitrogens with zero attached hydrogens (tertiary/aromatic N) is 1. The minimum Gasteiger partial charge on any atom is -0.503 e. The topological polar surface area (TPSA) is 95.0 Å². The molecule has 0 aliphatic rings. The number of hydrogen-bond donors (Lipinski definition) is 1. The first-order valence-electron chi connectivity index (χ1n) is 11.5. The summed E-state index contributed by atoms with van der Waals surface area (Å²) in [5.41, 5.74) is 1.04. The van der Waals surface area contributed by atoms with Crippen molar-refractivity contribution in [2.75, 3.05) is 20.3 Å². The maximum Gasteiger partial charge on any atom is 0.309 e. The van der Waals surface area contributed by atoms with Gasteiger partial charge in [0.25, 0.3) is 0 Å². The van der Waals surface area contributed by atoms with Gasteiger partial charge in [0.2, 0.25) is 0 Å². The number of carbonyl (C=O) groups is 2. The number of carbonyl (C=O) groups excluding carboxylic acids is 2. The number of rotatable bonds is 14. The van der Waals surface area contributed by atoms with Crippen LogP contribution in [0.3, 0.4) is 0 Å². The van der Waals surface area contributed by atoms with E-state index in [2.05, 4.69) is 4.98 Å². The van der Waals surface area contributed by atoms with Crippen LogP contribution in [-0.4, -0.2) is 48.3 Å². The zero-order valence-electron chi connectivity index (χ0n) is 20.0. The molecular weight excluding hydrogens is 422 g/mol. The van der Waals surface area contributed by atoms with E-state index in [0.717, 1.165) is 18.4 Å². The molecule has 0 aliphatic heterocycles. The second-order valence-electron chi connectivity index (χ2n) is 8.11. The molecule has 0 fully saturated rings. The zero-order chi connectivity index (χ0) is 24.2. The summed E-state index contributed by atoms with van der Waals surface area (Å²) >= 11 is 0. The van der Waals surface area contributed by atoms with E-state index < -0.39 is 17.7 Å².